The molecule has 1 N–H and O–H groups in total. The molecule has 0 radical (unpaired) electrons. The van der Waals surface area contributed by atoms with Gasteiger partial charge in [-0.1, -0.05) is 0 Å². The maximum Gasteiger partial charge on any atom is 0.243 e. The second-order valence-corrected chi connectivity index (χ2v) is 11.4. The molecule has 2 amide bonds. The molecular weight excluding hydrogens is 494 g/mol. The van der Waals surface area contributed by atoms with Crippen molar-refractivity contribution in [3.05, 3.63) is 42.0 Å². The highest BCUT2D eigenvalue weighted by Crippen LogP contribution is 2.35. The van der Waals surface area contributed by atoms with Gasteiger partial charge in [-0.15, -0.1) is 0 Å². The first-order valence-electron chi connectivity index (χ1n) is 12.8. The minimum absolute atomic E-state index is 0.00261. The third kappa shape index (κ3) is 5.60. The molecule has 2 aliphatic heterocycles. The van der Waals surface area contributed by atoms with Gasteiger partial charge in [0.2, 0.25) is 21.8 Å². The lowest BCUT2D eigenvalue weighted by Crippen LogP contribution is -2.41. The summed E-state index contributed by atoms with van der Waals surface area (Å²) in [6, 6.07) is 10.3. The molecule has 0 aromatic heterocycles. The number of benzene rings is 2. The van der Waals surface area contributed by atoms with E-state index in [0.717, 1.165) is 11.3 Å². The number of amides is 2. The molecule has 0 bridgehead atoms. The Morgan fingerprint density at radius 2 is 1.73 bits per heavy atom. The average molecular weight is 530 g/mol. The average Bonchev–Trinajstić information content (AvgIpc) is 3.21. The summed E-state index contributed by atoms with van der Waals surface area (Å²) in [6.45, 7) is 8.71. The number of ether oxygens (including phenoxy) is 2. The largest absolute Gasteiger partial charge is 0.494 e. The van der Waals surface area contributed by atoms with E-state index in [1.54, 1.807) is 41.3 Å². The van der Waals surface area contributed by atoms with E-state index in [-0.39, 0.29) is 41.8 Å². The van der Waals surface area contributed by atoms with Crippen molar-refractivity contribution >= 4 is 33.2 Å². The molecule has 4 rings (SSSR count). The standard InChI is InChI=1S/C27H35N3O6S/c1-5-35-22-7-10-26(36-6-2)24(17-22)28-27(32)20-11-13-29(14-12-20)37(33,34)23-8-9-25-21(16-23)15-18(3)30(25)19(4)31/h7-10,16-18,20H,5-6,11-15H2,1-4H3,(H,28,32)/t18-/m1/s1. The van der Waals surface area contributed by atoms with E-state index in [2.05, 4.69) is 5.32 Å². The van der Waals surface area contributed by atoms with Crippen LogP contribution in [-0.2, 0) is 26.0 Å². The fourth-order valence-corrected chi connectivity index (χ4v) is 6.66. The SMILES string of the molecule is CCOc1ccc(OCC)c(NC(=O)C2CCN(S(=O)(=O)c3ccc4c(c3)C[C@@H](C)N4C(C)=O)CC2)c1. The highest BCUT2D eigenvalue weighted by molar-refractivity contribution is 7.89. The van der Waals surface area contributed by atoms with Gasteiger partial charge < -0.3 is 19.7 Å². The van der Waals surface area contributed by atoms with Crippen molar-refractivity contribution in [1.29, 1.82) is 0 Å². The van der Waals surface area contributed by atoms with Gasteiger partial charge in [0.1, 0.15) is 11.5 Å². The molecule has 9 nitrogen and oxygen atoms in total. The molecular formula is C27H35N3O6S. The lowest BCUT2D eigenvalue weighted by Gasteiger charge is -2.31. The molecule has 2 heterocycles. The van der Waals surface area contributed by atoms with Crippen molar-refractivity contribution in [2.24, 2.45) is 5.92 Å². The Kier molecular flexibility index (Phi) is 8.08. The highest BCUT2D eigenvalue weighted by Gasteiger charge is 2.35. The van der Waals surface area contributed by atoms with Crippen LogP contribution in [0.2, 0.25) is 0 Å². The number of nitrogens with one attached hydrogen (secondary N) is 1. The molecule has 0 aliphatic carbocycles. The van der Waals surface area contributed by atoms with Gasteiger partial charge in [0.25, 0.3) is 0 Å². The van der Waals surface area contributed by atoms with Crippen LogP contribution in [0.1, 0.15) is 46.1 Å². The Morgan fingerprint density at radius 1 is 1.03 bits per heavy atom. The molecule has 1 atom stereocenters. The first kappa shape index (κ1) is 26.9. The van der Waals surface area contributed by atoms with E-state index in [1.165, 1.54) is 11.2 Å². The number of hydrogen-bond donors (Lipinski definition) is 1. The van der Waals surface area contributed by atoms with Crippen molar-refractivity contribution in [3.8, 4) is 11.5 Å². The molecule has 37 heavy (non-hydrogen) atoms. The molecule has 200 valence electrons. The molecule has 0 saturated carbocycles. The number of sulfonamides is 1. The van der Waals surface area contributed by atoms with Crippen LogP contribution < -0.4 is 19.7 Å². The molecule has 0 unspecified atom stereocenters. The summed E-state index contributed by atoms with van der Waals surface area (Å²) in [6.07, 6.45) is 1.45. The monoisotopic (exact) mass is 529 g/mol. The summed E-state index contributed by atoms with van der Waals surface area (Å²) in [4.78, 5) is 27.0. The van der Waals surface area contributed by atoms with Crippen LogP contribution in [0.25, 0.3) is 0 Å². The van der Waals surface area contributed by atoms with Crippen LogP contribution in [0.4, 0.5) is 11.4 Å². The minimum Gasteiger partial charge on any atom is -0.494 e. The quantitative estimate of drug-likeness (QED) is 0.557. The van der Waals surface area contributed by atoms with E-state index in [1.807, 2.05) is 20.8 Å². The van der Waals surface area contributed by atoms with Gasteiger partial charge in [0.05, 0.1) is 23.8 Å². The fourth-order valence-electron chi connectivity index (χ4n) is 5.13. The van der Waals surface area contributed by atoms with Crippen LogP contribution >= 0.6 is 0 Å². The highest BCUT2D eigenvalue weighted by atomic mass is 32.2. The van der Waals surface area contributed by atoms with Gasteiger partial charge >= 0.3 is 0 Å². The number of anilines is 2. The Labute approximate surface area is 218 Å². The number of rotatable bonds is 8. The van der Waals surface area contributed by atoms with E-state index in [9.17, 15) is 18.0 Å². The van der Waals surface area contributed by atoms with Gasteiger partial charge in [-0.2, -0.15) is 4.31 Å². The molecule has 1 fully saturated rings. The van der Waals surface area contributed by atoms with Crippen LogP contribution in [0.3, 0.4) is 0 Å². The van der Waals surface area contributed by atoms with Gasteiger partial charge in [-0.05, 0) is 75.9 Å². The maximum absolute atomic E-state index is 13.4. The van der Waals surface area contributed by atoms with Gasteiger partial charge in [-0.25, -0.2) is 8.42 Å². The van der Waals surface area contributed by atoms with Gasteiger partial charge in [0.15, 0.2) is 0 Å². The number of carbonyl (C=O) groups is 2. The van der Waals surface area contributed by atoms with Crippen molar-refractivity contribution in [1.82, 2.24) is 4.31 Å². The van der Waals surface area contributed by atoms with Crippen molar-refractivity contribution in [2.45, 2.75) is 57.9 Å². The molecule has 10 heteroatoms. The zero-order valence-electron chi connectivity index (χ0n) is 21.8. The lowest BCUT2D eigenvalue weighted by atomic mass is 9.97. The summed E-state index contributed by atoms with van der Waals surface area (Å²) in [7, 11) is -3.71. The van der Waals surface area contributed by atoms with Crippen molar-refractivity contribution in [2.75, 3.05) is 36.5 Å². The van der Waals surface area contributed by atoms with E-state index in [4.69, 9.17) is 9.47 Å². The number of nitrogens with zero attached hydrogens (tertiary/aromatic N) is 2. The molecule has 2 aliphatic rings. The Bertz CT molecular complexity index is 1270. The number of hydrogen-bond acceptors (Lipinski definition) is 6. The maximum atomic E-state index is 13.4. The molecule has 2 aromatic rings. The topological polar surface area (TPSA) is 105 Å². The zero-order valence-corrected chi connectivity index (χ0v) is 22.6. The number of fused-ring (bicyclic) bond motifs is 1. The normalized spacial score (nSPS) is 18.4. The second-order valence-electron chi connectivity index (χ2n) is 9.42. The number of piperidine rings is 1. The Hall–Kier alpha value is -3.11. The summed E-state index contributed by atoms with van der Waals surface area (Å²) in [5, 5.41) is 2.95. The first-order chi connectivity index (χ1) is 17.6. The fraction of sp³-hybridized carbons (Fsp3) is 0.481. The molecule has 2 aromatic carbocycles. The van der Waals surface area contributed by atoms with Crippen LogP contribution in [0.5, 0.6) is 11.5 Å². The summed E-state index contributed by atoms with van der Waals surface area (Å²) >= 11 is 0. The Morgan fingerprint density at radius 3 is 2.38 bits per heavy atom. The van der Waals surface area contributed by atoms with Crippen molar-refractivity contribution < 1.29 is 27.5 Å². The van der Waals surface area contributed by atoms with Crippen LogP contribution in [0.15, 0.2) is 41.3 Å². The summed E-state index contributed by atoms with van der Waals surface area (Å²) < 4.78 is 39.4. The van der Waals surface area contributed by atoms with E-state index >= 15 is 0 Å². The third-order valence-corrected chi connectivity index (χ3v) is 8.78. The first-order valence-corrected chi connectivity index (χ1v) is 14.2. The van der Waals surface area contributed by atoms with E-state index < -0.39 is 10.0 Å². The van der Waals surface area contributed by atoms with E-state index in [0.29, 0.717) is 49.7 Å². The lowest BCUT2D eigenvalue weighted by molar-refractivity contribution is -0.121. The second kappa shape index (κ2) is 11.1. The smallest absolute Gasteiger partial charge is 0.243 e. The van der Waals surface area contributed by atoms with Crippen LogP contribution in [0, 0.1) is 5.92 Å². The molecule has 0 spiro atoms. The summed E-state index contributed by atoms with van der Waals surface area (Å²) in [5.74, 6) is 0.662. The number of carbonyl (C=O) groups excluding carboxylic acids is 2. The Balaban J connectivity index is 1.42. The minimum atomic E-state index is -3.71. The predicted molar refractivity (Wildman–Crippen MR) is 142 cm³/mol. The third-order valence-electron chi connectivity index (χ3n) is 6.89. The van der Waals surface area contributed by atoms with Gasteiger partial charge in [-0.3, -0.25) is 9.59 Å². The van der Waals surface area contributed by atoms with Crippen LogP contribution in [-0.4, -0.2) is 56.9 Å². The summed E-state index contributed by atoms with van der Waals surface area (Å²) in [5.41, 5.74) is 2.17. The molecule has 1 saturated heterocycles. The predicted octanol–water partition coefficient (Wildman–Crippen LogP) is 3.82. The zero-order chi connectivity index (χ0) is 26.7. The van der Waals surface area contributed by atoms with Crippen molar-refractivity contribution in [3.63, 3.8) is 0 Å². The van der Waals surface area contributed by atoms with Gasteiger partial charge in [0, 0.05) is 43.7 Å².